The van der Waals surface area contributed by atoms with Gasteiger partial charge in [-0.1, -0.05) is 29.0 Å². The number of nitrogens with zero attached hydrogens (tertiary/aromatic N) is 3. The van der Waals surface area contributed by atoms with Crippen LogP contribution in [-0.2, 0) is 9.59 Å². The molecule has 174 valence electrons. The molecule has 0 spiro atoms. The van der Waals surface area contributed by atoms with Crippen molar-refractivity contribution < 1.29 is 24.2 Å². The van der Waals surface area contributed by atoms with Gasteiger partial charge in [-0.05, 0) is 54.4 Å². The lowest BCUT2D eigenvalue weighted by atomic mass is 9.96. The molecule has 2 aromatic carbocycles. The number of rotatable bonds is 3. The SMILES string of the molecule is Cc1cc2sc(N3C(=O)C(=O)/C(=C(/O)c4ccc5c(c4)OCO5)C3c3cccnc3)nc2cc1Cl. The highest BCUT2D eigenvalue weighted by molar-refractivity contribution is 7.22. The number of Topliss-reactive ketones (excluding diaryl/α,β-unsaturated/α-hetero) is 1. The number of ketones is 1. The highest BCUT2D eigenvalue weighted by atomic mass is 35.5. The van der Waals surface area contributed by atoms with Gasteiger partial charge in [0, 0.05) is 23.0 Å². The third-order valence-corrected chi connectivity index (χ3v) is 7.38. The van der Waals surface area contributed by atoms with Gasteiger partial charge in [0.25, 0.3) is 5.78 Å². The average molecular weight is 506 g/mol. The van der Waals surface area contributed by atoms with Gasteiger partial charge in [0.2, 0.25) is 6.79 Å². The fourth-order valence-corrected chi connectivity index (χ4v) is 5.45. The number of hydrogen-bond acceptors (Lipinski definition) is 8. The predicted octanol–water partition coefficient (Wildman–Crippen LogP) is 5.01. The molecule has 1 unspecified atom stereocenters. The molecule has 1 atom stereocenters. The smallest absolute Gasteiger partial charge is 0.301 e. The number of halogens is 1. The number of benzene rings is 2. The van der Waals surface area contributed by atoms with Crippen molar-refractivity contribution >= 4 is 55.7 Å². The minimum atomic E-state index is -0.925. The maximum Gasteiger partial charge on any atom is 0.301 e. The maximum absolute atomic E-state index is 13.3. The molecule has 1 fully saturated rings. The Morgan fingerprint density at radius 2 is 2.00 bits per heavy atom. The van der Waals surface area contributed by atoms with E-state index in [1.54, 1.807) is 48.8 Å². The van der Waals surface area contributed by atoms with Crippen molar-refractivity contribution in [3.8, 4) is 11.5 Å². The van der Waals surface area contributed by atoms with Gasteiger partial charge in [0.15, 0.2) is 16.6 Å². The van der Waals surface area contributed by atoms with Gasteiger partial charge in [0.1, 0.15) is 5.76 Å². The zero-order valence-electron chi connectivity index (χ0n) is 18.2. The Balaban J connectivity index is 1.54. The second-order valence-electron chi connectivity index (χ2n) is 8.09. The van der Waals surface area contributed by atoms with E-state index in [1.807, 2.05) is 13.0 Å². The first-order valence-corrected chi connectivity index (χ1v) is 11.8. The standard InChI is InChI=1S/C25H16ClN3O5S/c1-12-7-19-16(9-15(12)26)28-25(35-19)29-21(14-3-2-6-27-10-14)20(23(31)24(29)32)22(30)13-4-5-17-18(8-13)34-11-33-17/h2-10,21,30H,11H2,1H3/b22-20+. The van der Waals surface area contributed by atoms with E-state index in [-0.39, 0.29) is 18.1 Å². The molecule has 8 nitrogen and oxygen atoms in total. The van der Waals surface area contributed by atoms with Crippen LogP contribution in [-0.4, -0.2) is 33.6 Å². The van der Waals surface area contributed by atoms with Crippen LogP contribution in [0.2, 0.25) is 5.02 Å². The molecule has 6 rings (SSSR count). The van der Waals surface area contributed by atoms with E-state index in [0.717, 1.165) is 10.3 Å². The topological polar surface area (TPSA) is 102 Å². The lowest BCUT2D eigenvalue weighted by Crippen LogP contribution is -2.29. The highest BCUT2D eigenvalue weighted by Gasteiger charge is 2.48. The Morgan fingerprint density at radius 1 is 1.17 bits per heavy atom. The third-order valence-electron chi connectivity index (χ3n) is 5.95. The summed E-state index contributed by atoms with van der Waals surface area (Å²) in [6.07, 6.45) is 3.15. The molecule has 4 heterocycles. The third kappa shape index (κ3) is 3.43. The number of amides is 1. The quantitative estimate of drug-likeness (QED) is 0.237. The lowest BCUT2D eigenvalue weighted by molar-refractivity contribution is -0.132. The summed E-state index contributed by atoms with van der Waals surface area (Å²) in [7, 11) is 0. The normalized spacial score (nSPS) is 18.6. The Bertz CT molecular complexity index is 1530. The van der Waals surface area contributed by atoms with Gasteiger partial charge in [-0.25, -0.2) is 4.98 Å². The van der Waals surface area contributed by atoms with Crippen LogP contribution in [0.3, 0.4) is 0 Å². The van der Waals surface area contributed by atoms with E-state index in [1.165, 1.54) is 16.2 Å². The van der Waals surface area contributed by atoms with E-state index in [9.17, 15) is 14.7 Å². The molecule has 0 aliphatic carbocycles. The summed E-state index contributed by atoms with van der Waals surface area (Å²) in [6, 6.07) is 11.0. The van der Waals surface area contributed by atoms with Crippen molar-refractivity contribution in [1.82, 2.24) is 9.97 Å². The number of pyridine rings is 1. The minimum absolute atomic E-state index is 0.0599. The number of ether oxygens (including phenoxy) is 2. The fraction of sp³-hybridized carbons (Fsp3) is 0.120. The van der Waals surface area contributed by atoms with Gasteiger partial charge in [-0.15, -0.1) is 0 Å². The van der Waals surface area contributed by atoms with Gasteiger partial charge < -0.3 is 14.6 Å². The van der Waals surface area contributed by atoms with Crippen LogP contribution in [0, 0.1) is 6.92 Å². The van der Waals surface area contributed by atoms with Crippen LogP contribution < -0.4 is 14.4 Å². The number of anilines is 1. The molecule has 2 aliphatic rings. The Morgan fingerprint density at radius 3 is 2.80 bits per heavy atom. The van der Waals surface area contributed by atoms with Crippen LogP contribution in [0.25, 0.3) is 16.0 Å². The molecule has 1 N–H and O–H groups in total. The van der Waals surface area contributed by atoms with Crippen LogP contribution in [0.5, 0.6) is 11.5 Å². The molecule has 35 heavy (non-hydrogen) atoms. The van der Waals surface area contributed by atoms with Crippen LogP contribution >= 0.6 is 22.9 Å². The molecule has 0 radical (unpaired) electrons. The predicted molar refractivity (Wildman–Crippen MR) is 131 cm³/mol. The number of carbonyl (C=O) groups is 2. The molecule has 4 aromatic rings. The van der Waals surface area contributed by atoms with Crippen LogP contribution in [0.1, 0.15) is 22.7 Å². The molecule has 2 aliphatic heterocycles. The zero-order chi connectivity index (χ0) is 24.3. The number of aryl methyl sites for hydroxylation is 1. The van der Waals surface area contributed by atoms with Crippen LogP contribution in [0.15, 0.2) is 60.4 Å². The second kappa shape index (κ2) is 8.07. The van der Waals surface area contributed by atoms with E-state index in [0.29, 0.717) is 38.3 Å². The monoisotopic (exact) mass is 505 g/mol. The summed E-state index contributed by atoms with van der Waals surface area (Å²) in [6.45, 7) is 1.95. The summed E-state index contributed by atoms with van der Waals surface area (Å²) in [5, 5.41) is 12.2. The first-order valence-electron chi connectivity index (χ1n) is 10.6. The molecule has 0 saturated carbocycles. The number of aliphatic hydroxyl groups is 1. The first kappa shape index (κ1) is 21.6. The van der Waals surface area contributed by atoms with E-state index in [2.05, 4.69) is 9.97 Å². The number of hydrogen-bond donors (Lipinski definition) is 1. The van der Waals surface area contributed by atoms with Crippen molar-refractivity contribution in [2.45, 2.75) is 13.0 Å². The zero-order valence-corrected chi connectivity index (χ0v) is 19.8. The Labute approximate surface area is 208 Å². The number of aromatic nitrogens is 2. The highest BCUT2D eigenvalue weighted by Crippen LogP contribution is 2.45. The number of aliphatic hydroxyl groups excluding tert-OH is 1. The van der Waals surface area contributed by atoms with Gasteiger partial charge in [-0.2, -0.15) is 0 Å². The van der Waals surface area contributed by atoms with Crippen molar-refractivity contribution in [3.63, 3.8) is 0 Å². The van der Waals surface area contributed by atoms with Crippen molar-refractivity contribution in [2.75, 3.05) is 11.7 Å². The van der Waals surface area contributed by atoms with E-state index in [4.69, 9.17) is 21.1 Å². The molecule has 2 aromatic heterocycles. The van der Waals surface area contributed by atoms with Crippen molar-refractivity contribution in [1.29, 1.82) is 0 Å². The first-order chi connectivity index (χ1) is 16.9. The Kier molecular flexibility index (Phi) is 4.98. The van der Waals surface area contributed by atoms with Crippen LogP contribution in [0.4, 0.5) is 5.13 Å². The number of fused-ring (bicyclic) bond motifs is 2. The largest absolute Gasteiger partial charge is 0.507 e. The minimum Gasteiger partial charge on any atom is -0.507 e. The molecule has 1 saturated heterocycles. The summed E-state index contributed by atoms with van der Waals surface area (Å²) >= 11 is 7.54. The van der Waals surface area contributed by atoms with E-state index >= 15 is 0 Å². The summed E-state index contributed by atoms with van der Waals surface area (Å²) < 4.78 is 11.6. The fourth-order valence-electron chi connectivity index (χ4n) is 4.22. The molecular weight excluding hydrogens is 490 g/mol. The summed E-state index contributed by atoms with van der Waals surface area (Å²) in [5.41, 5.74) is 2.32. The van der Waals surface area contributed by atoms with Gasteiger partial charge in [0.05, 0.1) is 21.8 Å². The van der Waals surface area contributed by atoms with Gasteiger partial charge in [-0.3, -0.25) is 19.5 Å². The molecule has 10 heteroatoms. The van der Waals surface area contributed by atoms with Crippen molar-refractivity contribution in [2.24, 2.45) is 0 Å². The average Bonchev–Trinajstić information content (AvgIpc) is 3.55. The summed E-state index contributed by atoms with van der Waals surface area (Å²) in [4.78, 5) is 36.7. The number of thiazole rings is 1. The Hall–Kier alpha value is -3.95. The number of carbonyl (C=O) groups excluding carboxylic acids is 2. The van der Waals surface area contributed by atoms with Crippen molar-refractivity contribution in [3.05, 3.63) is 82.1 Å². The maximum atomic E-state index is 13.3. The van der Waals surface area contributed by atoms with Gasteiger partial charge >= 0.3 is 5.91 Å². The molecule has 1 amide bonds. The second-order valence-corrected chi connectivity index (χ2v) is 9.51. The molecular formula is C25H16ClN3O5S. The summed E-state index contributed by atoms with van der Waals surface area (Å²) in [5.74, 6) is -0.947. The molecule has 0 bridgehead atoms. The van der Waals surface area contributed by atoms with E-state index < -0.39 is 17.7 Å². The lowest BCUT2D eigenvalue weighted by Gasteiger charge is -2.22.